The number of rotatable bonds is 5. The molecule has 0 saturated carbocycles. The zero-order chi connectivity index (χ0) is 10.6. The third-order valence-electron chi connectivity index (χ3n) is 2.60. The minimum atomic E-state index is -0.355. The number of aliphatic hydroxyl groups is 1. The number of ether oxygens (including phenoxy) is 1. The molecule has 3 nitrogen and oxygen atoms in total. The molecule has 0 unspecified atom stereocenters. The van der Waals surface area contributed by atoms with Gasteiger partial charge in [-0.2, -0.15) is 0 Å². The summed E-state index contributed by atoms with van der Waals surface area (Å²) in [4.78, 5) is 10.8. The Labute approximate surface area is 84.8 Å². The maximum atomic E-state index is 10.8. The highest BCUT2D eigenvalue weighted by molar-refractivity contribution is 5.77. The standard InChI is InChI=1S/C11H18O3/c1-3-4-5-6-9(12)7-10-8(2)11(13)14-10/h3-4,8-10,12H,5-7H2,1-2H3/t8-,9+,10-/m0/s1. The smallest absolute Gasteiger partial charge is 0.312 e. The molecule has 0 aromatic carbocycles. The Bertz CT molecular complexity index is 223. The van der Waals surface area contributed by atoms with Crippen LogP contribution >= 0.6 is 0 Å². The molecule has 0 aliphatic carbocycles. The average Bonchev–Trinajstić information content (AvgIpc) is 2.17. The van der Waals surface area contributed by atoms with Crippen molar-refractivity contribution in [3.63, 3.8) is 0 Å². The van der Waals surface area contributed by atoms with Crippen molar-refractivity contribution in [2.45, 2.75) is 45.3 Å². The van der Waals surface area contributed by atoms with Crippen molar-refractivity contribution in [3.8, 4) is 0 Å². The maximum absolute atomic E-state index is 10.8. The van der Waals surface area contributed by atoms with Crippen LogP contribution < -0.4 is 0 Å². The van der Waals surface area contributed by atoms with Gasteiger partial charge in [0, 0.05) is 6.42 Å². The molecule has 3 heteroatoms. The maximum Gasteiger partial charge on any atom is 0.312 e. The van der Waals surface area contributed by atoms with E-state index in [2.05, 4.69) is 0 Å². The number of carbonyl (C=O) groups excluding carboxylic acids is 1. The number of esters is 1. The summed E-state index contributed by atoms with van der Waals surface area (Å²) >= 11 is 0. The van der Waals surface area contributed by atoms with Gasteiger partial charge in [0.25, 0.3) is 0 Å². The summed E-state index contributed by atoms with van der Waals surface area (Å²) in [6, 6.07) is 0. The molecular formula is C11H18O3. The molecule has 0 spiro atoms. The highest BCUT2D eigenvalue weighted by atomic mass is 16.6. The molecule has 0 radical (unpaired) electrons. The van der Waals surface area contributed by atoms with Gasteiger partial charge < -0.3 is 9.84 Å². The van der Waals surface area contributed by atoms with Crippen LogP contribution in [0, 0.1) is 5.92 Å². The van der Waals surface area contributed by atoms with Crippen LogP contribution in [0.3, 0.4) is 0 Å². The number of hydrogen-bond donors (Lipinski definition) is 1. The van der Waals surface area contributed by atoms with Gasteiger partial charge in [0.15, 0.2) is 0 Å². The second kappa shape index (κ2) is 5.15. The normalized spacial score (nSPS) is 28.6. The predicted molar refractivity (Wildman–Crippen MR) is 53.7 cm³/mol. The van der Waals surface area contributed by atoms with Gasteiger partial charge in [-0.15, -0.1) is 0 Å². The van der Waals surface area contributed by atoms with Gasteiger partial charge in [-0.25, -0.2) is 0 Å². The van der Waals surface area contributed by atoms with Gasteiger partial charge in [0.05, 0.1) is 12.0 Å². The lowest BCUT2D eigenvalue weighted by Crippen LogP contribution is -2.44. The van der Waals surface area contributed by atoms with E-state index in [-0.39, 0.29) is 24.1 Å². The van der Waals surface area contributed by atoms with E-state index in [0.717, 1.165) is 12.8 Å². The van der Waals surface area contributed by atoms with Crippen LogP contribution in [0.5, 0.6) is 0 Å². The number of cyclic esters (lactones) is 1. The van der Waals surface area contributed by atoms with Crippen molar-refractivity contribution in [2.24, 2.45) is 5.92 Å². The molecule has 1 fully saturated rings. The molecule has 1 aliphatic heterocycles. The van der Waals surface area contributed by atoms with Crippen molar-refractivity contribution in [3.05, 3.63) is 12.2 Å². The first-order chi connectivity index (χ1) is 6.65. The van der Waals surface area contributed by atoms with E-state index in [9.17, 15) is 9.90 Å². The highest BCUT2D eigenvalue weighted by Gasteiger charge is 2.39. The van der Waals surface area contributed by atoms with Crippen LogP contribution in [-0.2, 0) is 9.53 Å². The van der Waals surface area contributed by atoms with Crippen molar-refractivity contribution in [1.29, 1.82) is 0 Å². The number of aliphatic hydroxyl groups excluding tert-OH is 1. The zero-order valence-electron chi connectivity index (χ0n) is 8.77. The van der Waals surface area contributed by atoms with E-state index in [1.54, 1.807) is 0 Å². The number of hydrogen-bond acceptors (Lipinski definition) is 3. The molecule has 3 atom stereocenters. The number of allylic oxidation sites excluding steroid dienone is 2. The van der Waals surface area contributed by atoms with Crippen LogP contribution in [0.1, 0.15) is 33.1 Å². The molecule has 14 heavy (non-hydrogen) atoms. The van der Waals surface area contributed by atoms with E-state index in [1.165, 1.54) is 0 Å². The van der Waals surface area contributed by atoms with Crippen molar-refractivity contribution in [2.75, 3.05) is 0 Å². The first kappa shape index (κ1) is 11.2. The lowest BCUT2D eigenvalue weighted by atomic mass is 9.93. The molecule has 0 amide bonds. The van der Waals surface area contributed by atoms with Gasteiger partial charge in [-0.1, -0.05) is 12.2 Å². The van der Waals surface area contributed by atoms with Crippen molar-refractivity contribution in [1.82, 2.24) is 0 Å². The van der Waals surface area contributed by atoms with Gasteiger partial charge in [0.1, 0.15) is 6.10 Å². The Morgan fingerprint density at radius 3 is 2.86 bits per heavy atom. The Morgan fingerprint density at radius 2 is 2.36 bits per heavy atom. The summed E-state index contributed by atoms with van der Waals surface area (Å²) in [6.45, 7) is 3.80. The third kappa shape index (κ3) is 2.84. The molecule has 1 aliphatic rings. The molecule has 1 saturated heterocycles. The molecule has 1 N–H and O–H groups in total. The summed E-state index contributed by atoms with van der Waals surface area (Å²) < 4.78 is 4.91. The molecule has 1 heterocycles. The van der Waals surface area contributed by atoms with E-state index in [1.807, 2.05) is 26.0 Å². The molecule has 80 valence electrons. The molecule has 0 aromatic heterocycles. The van der Waals surface area contributed by atoms with Gasteiger partial charge in [-0.3, -0.25) is 4.79 Å². The summed E-state index contributed by atoms with van der Waals surface area (Å²) in [5, 5.41) is 9.59. The second-order valence-corrected chi connectivity index (χ2v) is 3.80. The fourth-order valence-electron chi connectivity index (χ4n) is 1.53. The fourth-order valence-corrected chi connectivity index (χ4v) is 1.53. The van der Waals surface area contributed by atoms with Crippen LogP contribution in [0.2, 0.25) is 0 Å². The van der Waals surface area contributed by atoms with Crippen LogP contribution in [0.25, 0.3) is 0 Å². The largest absolute Gasteiger partial charge is 0.461 e. The first-order valence-electron chi connectivity index (χ1n) is 5.15. The molecule has 0 bridgehead atoms. The Kier molecular flexibility index (Phi) is 4.14. The van der Waals surface area contributed by atoms with Crippen LogP contribution in [-0.4, -0.2) is 23.3 Å². The van der Waals surface area contributed by atoms with E-state index in [0.29, 0.717) is 6.42 Å². The first-order valence-corrected chi connectivity index (χ1v) is 5.15. The minimum Gasteiger partial charge on any atom is -0.461 e. The second-order valence-electron chi connectivity index (χ2n) is 3.80. The van der Waals surface area contributed by atoms with E-state index < -0.39 is 0 Å². The van der Waals surface area contributed by atoms with E-state index >= 15 is 0 Å². The molecule has 1 rings (SSSR count). The molecule has 0 aromatic rings. The van der Waals surface area contributed by atoms with Crippen LogP contribution in [0.4, 0.5) is 0 Å². The van der Waals surface area contributed by atoms with Crippen molar-refractivity contribution >= 4 is 5.97 Å². The predicted octanol–water partition coefficient (Wildman–Crippen LogP) is 1.66. The average molecular weight is 198 g/mol. The van der Waals surface area contributed by atoms with Gasteiger partial charge >= 0.3 is 5.97 Å². The summed E-state index contributed by atoms with van der Waals surface area (Å²) in [7, 11) is 0. The fraction of sp³-hybridized carbons (Fsp3) is 0.727. The minimum absolute atomic E-state index is 0.0358. The van der Waals surface area contributed by atoms with Gasteiger partial charge in [-0.05, 0) is 26.7 Å². The Balaban J connectivity index is 2.14. The zero-order valence-corrected chi connectivity index (χ0v) is 8.77. The summed E-state index contributed by atoms with van der Waals surface area (Å²) in [5.41, 5.74) is 0. The third-order valence-corrected chi connectivity index (χ3v) is 2.60. The summed E-state index contributed by atoms with van der Waals surface area (Å²) in [6.07, 6.45) is 5.77. The number of carbonyl (C=O) groups is 1. The lowest BCUT2D eigenvalue weighted by molar-refractivity contribution is -0.185. The quantitative estimate of drug-likeness (QED) is 0.539. The topological polar surface area (TPSA) is 46.5 Å². The van der Waals surface area contributed by atoms with Crippen LogP contribution in [0.15, 0.2) is 12.2 Å². The van der Waals surface area contributed by atoms with Crippen molar-refractivity contribution < 1.29 is 14.6 Å². The lowest BCUT2D eigenvalue weighted by Gasteiger charge is -2.33. The Hall–Kier alpha value is -0.830. The Morgan fingerprint density at radius 1 is 1.64 bits per heavy atom. The monoisotopic (exact) mass is 198 g/mol. The highest BCUT2D eigenvalue weighted by Crippen LogP contribution is 2.26. The van der Waals surface area contributed by atoms with Gasteiger partial charge in [0.2, 0.25) is 0 Å². The van der Waals surface area contributed by atoms with E-state index in [4.69, 9.17) is 4.74 Å². The SMILES string of the molecule is CC=CCC[C@@H](O)C[C@@H]1OC(=O)[C@H]1C. The molecular weight excluding hydrogens is 180 g/mol. The summed E-state index contributed by atoms with van der Waals surface area (Å²) in [5.74, 6) is -0.179.